The average molecular weight is 571 g/mol. The van der Waals surface area contributed by atoms with Crippen molar-refractivity contribution in [1.82, 2.24) is 9.80 Å². The number of carbonyl (C=O) groups excluding carboxylic acids is 4. The van der Waals surface area contributed by atoms with Crippen molar-refractivity contribution in [1.29, 1.82) is 0 Å². The zero-order chi connectivity index (χ0) is 30.3. The summed E-state index contributed by atoms with van der Waals surface area (Å²) in [5.74, 6) is -9.72. The second-order valence-electron chi connectivity index (χ2n) is 11.6. The van der Waals surface area contributed by atoms with Crippen LogP contribution in [-0.2, 0) is 14.4 Å². The summed E-state index contributed by atoms with van der Waals surface area (Å²) in [7, 11) is 2.89. The summed E-state index contributed by atoms with van der Waals surface area (Å²) in [6.07, 6.45) is -0.00346. The Bertz CT molecular complexity index is 1450. The van der Waals surface area contributed by atoms with Crippen LogP contribution in [0.25, 0.3) is 5.76 Å². The third-order valence-corrected chi connectivity index (χ3v) is 9.18. The van der Waals surface area contributed by atoms with Crippen LogP contribution < -0.4 is 11.1 Å². The molecule has 1 aromatic carbocycles. The monoisotopic (exact) mass is 570 g/mol. The van der Waals surface area contributed by atoms with E-state index in [1.165, 1.54) is 25.1 Å². The topological polar surface area (TPSA) is 214 Å². The zero-order valence-corrected chi connectivity index (χ0v) is 23.1. The maximum atomic E-state index is 14.1. The van der Waals surface area contributed by atoms with E-state index in [1.54, 1.807) is 17.9 Å². The van der Waals surface area contributed by atoms with Crippen LogP contribution in [0.3, 0.4) is 0 Å². The lowest BCUT2D eigenvalue weighted by Gasteiger charge is -2.53. The summed E-state index contributed by atoms with van der Waals surface area (Å²) >= 11 is 0. The number of phenols is 1. The van der Waals surface area contributed by atoms with Crippen molar-refractivity contribution in [2.45, 2.75) is 56.4 Å². The Kier molecular flexibility index (Phi) is 6.67. The summed E-state index contributed by atoms with van der Waals surface area (Å²) < 4.78 is 0. The number of aliphatic hydroxyl groups excluding tert-OH is 3. The van der Waals surface area contributed by atoms with Gasteiger partial charge in [0.25, 0.3) is 5.91 Å². The second kappa shape index (κ2) is 9.57. The van der Waals surface area contributed by atoms with Crippen LogP contribution >= 0.6 is 0 Å². The number of phenolic OH excluding ortho intramolecular Hbond substituents is 1. The lowest BCUT2D eigenvalue weighted by Crippen LogP contribution is -2.70. The normalized spacial score (nSPS) is 33.1. The molecule has 1 aromatic rings. The SMILES string of the molecule is CC1c2ccc(NC(=O)N3CCC[C@@H]3C)c(O)c2C(O)=C2C(=O)C3(O)C(O)=C(C(N)=O)C(=O)C(N(C)C)C3C(O)C21. The number of rotatable bonds is 3. The largest absolute Gasteiger partial charge is 0.508 e. The number of ketones is 2. The van der Waals surface area contributed by atoms with Crippen LogP contribution in [0.5, 0.6) is 5.75 Å². The molecule has 0 aromatic heterocycles. The number of urea groups is 1. The van der Waals surface area contributed by atoms with E-state index in [0.29, 0.717) is 12.1 Å². The molecule has 13 heteroatoms. The number of hydrogen-bond donors (Lipinski definition) is 7. The first-order chi connectivity index (χ1) is 19.2. The number of likely N-dealkylation sites (N-methyl/N-ethyl adjacent to an activating group) is 1. The van der Waals surface area contributed by atoms with E-state index in [2.05, 4.69) is 5.32 Å². The highest BCUT2D eigenvalue weighted by Crippen LogP contribution is 2.56. The van der Waals surface area contributed by atoms with Gasteiger partial charge in [0.15, 0.2) is 11.4 Å². The number of aliphatic hydroxyl groups is 4. The number of nitrogens with one attached hydrogen (secondary N) is 1. The molecule has 41 heavy (non-hydrogen) atoms. The molecule has 8 N–H and O–H groups in total. The number of amides is 3. The Morgan fingerprint density at radius 2 is 1.80 bits per heavy atom. The standard InChI is InChI=1S/C28H34N4O9/c1-10-6-5-9-32(10)27(40)30-13-8-7-12-11(2)14-16(21(34)15(12)20(13)33)24(37)28(41)18(22(14)35)19(31(3)4)23(36)17(25(28)38)26(29)39/h7-8,10-11,14,18-19,22,33-35,38,41H,5-6,9H2,1-4H3,(H2,29,39)(H,30,40)/t10-,11?,14?,18?,19?,22?,28?/m0/s1. The van der Waals surface area contributed by atoms with Crippen molar-refractivity contribution >= 4 is 35.0 Å². The highest BCUT2D eigenvalue weighted by atomic mass is 16.4. The smallest absolute Gasteiger partial charge is 0.322 e. The first-order valence-corrected chi connectivity index (χ1v) is 13.4. The van der Waals surface area contributed by atoms with Gasteiger partial charge in [-0.25, -0.2) is 4.79 Å². The second-order valence-corrected chi connectivity index (χ2v) is 11.6. The Labute approximate surface area is 235 Å². The number of Topliss-reactive ketones (excluding diaryl/α,β-unsaturated/α-hetero) is 2. The summed E-state index contributed by atoms with van der Waals surface area (Å²) in [5.41, 5.74) is 1.00. The van der Waals surface area contributed by atoms with Gasteiger partial charge in [0.1, 0.15) is 22.8 Å². The van der Waals surface area contributed by atoms with Crippen LogP contribution in [0.2, 0.25) is 0 Å². The summed E-state index contributed by atoms with van der Waals surface area (Å²) in [4.78, 5) is 55.2. The van der Waals surface area contributed by atoms with Gasteiger partial charge in [-0.1, -0.05) is 13.0 Å². The molecule has 4 aliphatic rings. The molecule has 220 valence electrons. The average Bonchev–Trinajstić information content (AvgIpc) is 3.33. The molecule has 0 radical (unpaired) electrons. The van der Waals surface area contributed by atoms with Crippen molar-refractivity contribution in [3.63, 3.8) is 0 Å². The van der Waals surface area contributed by atoms with E-state index >= 15 is 0 Å². The molecule has 1 aliphatic heterocycles. The van der Waals surface area contributed by atoms with Gasteiger partial charge in [-0.3, -0.25) is 19.3 Å². The van der Waals surface area contributed by atoms with Gasteiger partial charge in [-0.2, -0.15) is 0 Å². The fourth-order valence-corrected chi connectivity index (χ4v) is 7.14. The number of hydrogen-bond acceptors (Lipinski definition) is 10. The molecule has 0 spiro atoms. The Morgan fingerprint density at radius 3 is 2.37 bits per heavy atom. The molecule has 3 amide bonds. The summed E-state index contributed by atoms with van der Waals surface area (Å²) in [6, 6.07) is 1.13. The van der Waals surface area contributed by atoms with Gasteiger partial charge in [0.05, 0.1) is 29.3 Å². The summed E-state index contributed by atoms with van der Waals surface area (Å²) in [5, 5.41) is 59.7. The van der Waals surface area contributed by atoms with E-state index < -0.39 is 87.4 Å². The van der Waals surface area contributed by atoms with Crippen LogP contribution in [0.15, 0.2) is 29.0 Å². The number of nitrogens with zero attached hydrogens (tertiary/aromatic N) is 2. The molecule has 3 aliphatic carbocycles. The van der Waals surface area contributed by atoms with Gasteiger partial charge in [0, 0.05) is 24.1 Å². The molecule has 7 atom stereocenters. The van der Waals surface area contributed by atoms with Crippen molar-refractivity contribution in [3.05, 3.63) is 40.2 Å². The summed E-state index contributed by atoms with van der Waals surface area (Å²) in [6.45, 7) is 4.09. The number of likely N-dealkylation sites (tertiary alicyclic amines) is 1. The van der Waals surface area contributed by atoms with Crippen LogP contribution in [0.4, 0.5) is 10.5 Å². The first-order valence-electron chi connectivity index (χ1n) is 13.4. The maximum absolute atomic E-state index is 14.1. The van der Waals surface area contributed by atoms with E-state index in [1.807, 2.05) is 6.92 Å². The minimum atomic E-state index is -2.99. The van der Waals surface area contributed by atoms with Crippen molar-refractivity contribution in [2.24, 2.45) is 17.6 Å². The molecular weight excluding hydrogens is 536 g/mol. The predicted octanol–water partition coefficient (Wildman–Crippen LogP) is 0.512. The Balaban J connectivity index is 1.67. The molecular formula is C28H34N4O9. The van der Waals surface area contributed by atoms with Gasteiger partial charge >= 0.3 is 6.03 Å². The molecule has 0 bridgehead atoms. The Morgan fingerprint density at radius 1 is 1.15 bits per heavy atom. The minimum Gasteiger partial charge on any atom is -0.508 e. The fraction of sp³-hybridized carbons (Fsp3) is 0.500. The molecule has 1 saturated heterocycles. The molecule has 13 nitrogen and oxygen atoms in total. The van der Waals surface area contributed by atoms with Crippen molar-refractivity contribution < 1.29 is 44.7 Å². The number of primary amides is 1. The first kappa shape index (κ1) is 28.6. The number of benzene rings is 1. The van der Waals surface area contributed by atoms with E-state index in [-0.39, 0.29) is 17.3 Å². The highest BCUT2D eigenvalue weighted by molar-refractivity contribution is 6.24. The maximum Gasteiger partial charge on any atom is 0.322 e. The number of anilines is 1. The lowest BCUT2D eigenvalue weighted by atomic mass is 9.54. The van der Waals surface area contributed by atoms with Gasteiger partial charge in [-0.15, -0.1) is 0 Å². The van der Waals surface area contributed by atoms with Gasteiger partial charge in [-0.05, 0) is 51.4 Å². The van der Waals surface area contributed by atoms with Crippen LogP contribution in [0.1, 0.15) is 43.7 Å². The number of nitrogens with two attached hydrogens (primary N) is 1. The lowest BCUT2D eigenvalue weighted by molar-refractivity contribution is -0.169. The molecule has 1 heterocycles. The molecule has 1 saturated carbocycles. The molecule has 2 fully saturated rings. The van der Waals surface area contributed by atoms with Gasteiger partial charge in [0.2, 0.25) is 5.78 Å². The fourth-order valence-electron chi connectivity index (χ4n) is 7.14. The zero-order valence-electron chi connectivity index (χ0n) is 23.1. The Hall–Kier alpha value is -3.94. The highest BCUT2D eigenvalue weighted by Gasteiger charge is 2.68. The van der Waals surface area contributed by atoms with E-state index in [9.17, 15) is 44.7 Å². The molecule has 5 rings (SSSR count). The number of fused-ring (bicyclic) bond motifs is 3. The van der Waals surface area contributed by atoms with Gasteiger partial charge < -0.3 is 41.5 Å². The van der Waals surface area contributed by atoms with Crippen molar-refractivity contribution in [2.75, 3.05) is 26.0 Å². The third kappa shape index (κ3) is 3.79. The predicted molar refractivity (Wildman–Crippen MR) is 145 cm³/mol. The quantitative estimate of drug-likeness (QED) is 0.197. The number of aromatic hydroxyl groups is 1. The third-order valence-electron chi connectivity index (χ3n) is 9.18. The van der Waals surface area contributed by atoms with E-state index in [0.717, 1.165) is 12.8 Å². The minimum absolute atomic E-state index is 0.000464. The van der Waals surface area contributed by atoms with E-state index in [4.69, 9.17) is 5.73 Å². The number of carbonyl (C=O) groups is 4. The van der Waals surface area contributed by atoms with Crippen LogP contribution in [0, 0.1) is 11.8 Å². The molecule has 6 unspecified atom stereocenters. The van der Waals surface area contributed by atoms with Crippen LogP contribution in [-0.4, -0.2) is 103 Å². The van der Waals surface area contributed by atoms with Crippen molar-refractivity contribution in [3.8, 4) is 5.75 Å².